The van der Waals surface area contributed by atoms with Crippen LogP contribution >= 0.6 is 23.2 Å². The first-order valence-corrected chi connectivity index (χ1v) is 6.20. The molecule has 0 aliphatic rings. The van der Waals surface area contributed by atoms with Crippen LogP contribution in [0, 0.1) is 6.92 Å². The van der Waals surface area contributed by atoms with Crippen molar-refractivity contribution < 1.29 is 14.7 Å². The van der Waals surface area contributed by atoms with Gasteiger partial charge in [-0.15, -0.1) is 0 Å². The molecule has 8 heteroatoms. The van der Waals surface area contributed by atoms with Gasteiger partial charge in [0.2, 0.25) is 0 Å². The molecule has 6 nitrogen and oxygen atoms in total. The lowest BCUT2D eigenvalue weighted by molar-refractivity contribution is 0.0692. The van der Waals surface area contributed by atoms with E-state index in [9.17, 15) is 9.59 Å². The van der Waals surface area contributed by atoms with Gasteiger partial charge in [-0.25, -0.2) is 9.78 Å². The van der Waals surface area contributed by atoms with Crippen molar-refractivity contribution in [2.45, 2.75) is 6.92 Å². The van der Waals surface area contributed by atoms with Gasteiger partial charge in [-0.3, -0.25) is 4.79 Å². The van der Waals surface area contributed by atoms with Crippen molar-refractivity contribution in [2.24, 2.45) is 0 Å². The molecule has 0 saturated heterocycles. The van der Waals surface area contributed by atoms with E-state index < -0.39 is 11.9 Å². The average Bonchev–Trinajstić information content (AvgIpc) is 2.70. The minimum atomic E-state index is -1.17. The molecule has 20 heavy (non-hydrogen) atoms. The van der Waals surface area contributed by atoms with E-state index in [0.29, 0.717) is 5.69 Å². The topological polar surface area (TPSA) is 95.1 Å². The van der Waals surface area contributed by atoms with Gasteiger partial charge in [0.1, 0.15) is 16.0 Å². The highest BCUT2D eigenvalue weighted by Gasteiger charge is 2.18. The number of hydrogen-bond donors (Lipinski definition) is 3. The number of aryl methyl sites for hydroxylation is 1. The lowest BCUT2D eigenvalue weighted by Crippen LogP contribution is -2.15. The first-order chi connectivity index (χ1) is 9.38. The van der Waals surface area contributed by atoms with Crippen LogP contribution in [0.4, 0.5) is 5.69 Å². The molecule has 2 aromatic rings. The molecule has 0 radical (unpaired) electrons. The second-order valence-corrected chi connectivity index (χ2v) is 4.72. The fraction of sp³-hybridized carbons (Fsp3) is 0.0833. The van der Waals surface area contributed by atoms with Crippen LogP contribution < -0.4 is 5.32 Å². The van der Waals surface area contributed by atoms with Crippen LogP contribution in [-0.2, 0) is 0 Å². The van der Waals surface area contributed by atoms with Crippen LogP contribution in [0.15, 0.2) is 18.2 Å². The summed E-state index contributed by atoms with van der Waals surface area (Å²) in [5.41, 5.74) is 0.768. The summed E-state index contributed by atoms with van der Waals surface area (Å²) < 4.78 is 0. The molecule has 2 rings (SSSR count). The van der Waals surface area contributed by atoms with Crippen molar-refractivity contribution in [3.05, 3.63) is 45.5 Å². The third kappa shape index (κ3) is 2.92. The number of nitrogens with one attached hydrogen (secondary N) is 2. The van der Waals surface area contributed by atoms with Gasteiger partial charge in [0.15, 0.2) is 0 Å². The number of carbonyl (C=O) groups excluding carboxylic acids is 1. The Balaban J connectivity index is 2.30. The number of carbonyl (C=O) groups is 2. The molecule has 0 unspecified atom stereocenters. The van der Waals surface area contributed by atoms with Gasteiger partial charge in [0, 0.05) is 5.69 Å². The summed E-state index contributed by atoms with van der Waals surface area (Å²) in [6.45, 7) is 1.68. The number of nitrogens with zero attached hydrogens (tertiary/aromatic N) is 1. The summed E-state index contributed by atoms with van der Waals surface area (Å²) in [5, 5.41) is 11.6. The molecule has 1 amide bonds. The minimum Gasteiger partial charge on any atom is -0.477 e. The zero-order valence-corrected chi connectivity index (χ0v) is 11.7. The van der Waals surface area contributed by atoms with Crippen LogP contribution in [0.25, 0.3) is 0 Å². The number of H-pyrrole nitrogens is 1. The number of carboxylic acids is 1. The summed E-state index contributed by atoms with van der Waals surface area (Å²) >= 11 is 11.5. The van der Waals surface area contributed by atoms with Crippen molar-refractivity contribution in [3.63, 3.8) is 0 Å². The second-order valence-electron chi connectivity index (χ2n) is 3.97. The number of carboxylic acid groups (broad SMARTS) is 1. The lowest BCUT2D eigenvalue weighted by Gasteiger charge is -2.05. The predicted octanol–water partition coefficient (Wildman–Crippen LogP) is 2.98. The van der Waals surface area contributed by atoms with Crippen molar-refractivity contribution >= 4 is 40.8 Å². The molecule has 0 spiro atoms. The zero-order chi connectivity index (χ0) is 14.9. The normalized spacial score (nSPS) is 10.3. The van der Waals surface area contributed by atoms with Gasteiger partial charge in [-0.05, 0) is 25.1 Å². The van der Waals surface area contributed by atoms with E-state index >= 15 is 0 Å². The molecule has 0 bridgehead atoms. The molecule has 104 valence electrons. The Morgan fingerprint density at radius 1 is 1.35 bits per heavy atom. The maximum Gasteiger partial charge on any atom is 0.354 e. The molecule has 3 N–H and O–H groups in total. The Hall–Kier alpha value is -2.05. The Kier molecular flexibility index (Phi) is 3.96. The number of aromatic carboxylic acids is 1. The number of amides is 1. The predicted molar refractivity (Wildman–Crippen MR) is 74.7 cm³/mol. The molecule has 0 saturated carbocycles. The summed E-state index contributed by atoms with van der Waals surface area (Å²) in [6, 6.07) is 4.34. The minimum absolute atomic E-state index is 0.0564. The maximum absolute atomic E-state index is 12.0. The van der Waals surface area contributed by atoms with Crippen LogP contribution in [0.2, 0.25) is 10.3 Å². The number of halogens is 2. The standard InChI is InChI=1S/C12H9Cl2N3O3/c1-5-4-7(9(15-5)12(19)20)16-11(18)6-2-3-8(13)17-10(6)14/h2-4,15H,1H3,(H,16,18)(H,19,20). The Morgan fingerprint density at radius 3 is 2.65 bits per heavy atom. The maximum atomic E-state index is 12.0. The smallest absolute Gasteiger partial charge is 0.354 e. The molecular weight excluding hydrogens is 305 g/mol. The highest BCUT2D eigenvalue weighted by atomic mass is 35.5. The fourth-order valence-corrected chi connectivity index (χ4v) is 2.06. The Bertz CT molecular complexity index is 697. The highest BCUT2D eigenvalue weighted by molar-refractivity contribution is 6.35. The second kappa shape index (κ2) is 5.52. The van der Waals surface area contributed by atoms with Crippen molar-refractivity contribution in [1.82, 2.24) is 9.97 Å². The largest absolute Gasteiger partial charge is 0.477 e. The van der Waals surface area contributed by atoms with Gasteiger partial charge in [-0.1, -0.05) is 23.2 Å². The van der Waals surface area contributed by atoms with Gasteiger partial charge < -0.3 is 15.4 Å². The highest BCUT2D eigenvalue weighted by Crippen LogP contribution is 2.21. The number of rotatable bonds is 3. The molecular formula is C12H9Cl2N3O3. The van der Waals surface area contributed by atoms with Crippen molar-refractivity contribution in [3.8, 4) is 0 Å². The van der Waals surface area contributed by atoms with E-state index in [1.807, 2.05) is 0 Å². The van der Waals surface area contributed by atoms with Crippen LogP contribution in [0.5, 0.6) is 0 Å². The zero-order valence-electron chi connectivity index (χ0n) is 10.2. The van der Waals surface area contributed by atoms with E-state index in [4.69, 9.17) is 28.3 Å². The van der Waals surface area contributed by atoms with E-state index in [2.05, 4.69) is 15.3 Å². The molecule has 2 aromatic heterocycles. The number of aromatic amines is 1. The van der Waals surface area contributed by atoms with Crippen LogP contribution in [0.1, 0.15) is 26.5 Å². The van der Waals surface area contributed by atoms with Crippen molar-refractivity contribution in [1.29, 1.82) is 0 Å². The number of pyridine rings is 1. The molecule has 0 aliphatic carbocycles. The van der Waals surface area contributed by atoms with E-state index in [-0.39, 0.29) is 27.3 Å². The fourth-order valence-electron chi connectivity index (χ4n) is 1.63. The third-order valence-corrected chi connectivity index (χ3v) is 2.97. The van der Waals surface area contributed by atoms with Gasteiger partial charge in [0.25, 0.3) is 5.91 Å². The average molecular weight is 314 g/mol. The van der Waals surface area contributed by atoms with E-state index in [1.165, 1.54) is 18.2 Å². The first-order valence-electron chi connectivity index (χ1n) is 5.45. The Morgan fingerprint density at radius 2 is 2.05 bits per heavy atom. The summed E-state index contributed by atoms with van der Waals surface area (Å²) in [5.74, 6) is -1.74. The number of anilines is 1. The number of aromatic nitrogens is 2. The van der Waals surface area contributed by atoms with Gasteiger partial charge >= 0.3 is 5.97 Å². The van der Waals surface area contributed by atoms with Gasteiger partial charge in [-0.2, -0.15) is 0 Å². The molecule has 2 heterocycles. The monoisotopic (exact) mass is 313 g/mol. The van der Waals surface area contributed by atoms with Crippen LogP contribution in [-0.4, -0.2) is 27.0 Å². The van der Waals surface area contributed by atoms with Gasteiger partial charge in [0.05, 0.1) is 11.3 Å². The van der Waals surface area contributed by atoms with Crippen LogP contribution in [0.3, 0.4) is 0 Å². The van der Waals surface area contributed by atoms with Crippen molar-refractivity contribution in [2.75, 3.05) is 5.32 Å². The molecule has 0 aromatic carbocycles. The summed E-state index contributed by atoms with van der Waals surface area (Å²) in [7, 11) is 0. The SMILES string of the molecule is Cc1cc(NC(=O)c2ccc(Cl)nc2Cl)c(C(=O)O)[nH]1. The first kappa shape index (κ1) is 14.4. The summed E-state index contributed by atoms with van der Waals surface area (Å²) in [4.78, 5) is 29.5. The van der Waals surface area contributed by atoms with E-state index in [1.54, 1.807) is 6.92 Å². The lowest BCUT2D eigenvalue weighted by atomic mass is 10.2. The quantitative estimate of drug-likeness (QED) is 0.759. The Labute approximate surface area is 123 Å². The molecule has 0 fully saturated rings. The molecule has 0 atom stereocenters. The third-order valence-electron chi connectivity index (χ3n) is 2.47. The number of hydrogen-bond acceptors (Lipinski definition) is 3. The summed E-state index contributed by atoms with van der Waals surface area (Å²) in [6.07, 6.45) is 0. The van der Waals surface area contributed by atoms with E-state index in [0.717, 1.165) is 0 Å². The molecule has 0 aliphatic heterocycles.